The van der Waals surface area contributed by atoms with Crippen LogP contribution in [0.25, 0.3) is 98.4 Å². The maximum atomic E-state index is 6.72. The van der Waals surface area contributed by atoms with Crippen molar-refractivity contribution in [1.29, 1.82) is 0 Å². The van der Waals surface area contributed by atoms with Crippen molar-refractivity contribution >= 4 is 65.0 Å². The van der Waals surface area contributed by atoms with Crippen LogP contribution in [-0.4, -0.2) is 0 Å². The summed E-state index contributed by atoms with van der Waals surface area (Å²) in [6.07, 6.45) is 0. The van der Waals surface area contributed by atoms with Gasteiger partial charge in [-0.15, -0.1) is 0 Å². The van der Waals surface area contributed by atoms with E-state index in [1.54, 1.807) is 0 Å². The molecule has 0 amide bonds. The van der Waals surface area contributed by atoms with Crippen LogP contribution in [0.1, 0.15) is 0 Å². The normalized spacial score (nSPS) is 12.0. The number of hydrogen-bond donors (Lipinski definition) is 0. The van der Waals surface area contributed by atoms with Gasteiger partial charge in [-0.3, -0.25) is 0 Å². The summed E-state index contributed by atoms with van der Waals surface area (Å²) >= 11 is 0. The van der Waals surface area contributed by atoms with E-state index in [1.165, 1.54) is 81.7 Å². The van der Waals surface area contributed by atoms with Crippen LogP contribution >= 0.6 is 0 Å². The minimum atomic E-state index is 0.941. The van der Waals surface area contributed by atoms with E-state index < -0.39 is 0 Å². The number of furan rings is 1. The maximum Gasteiger partial charge on any atom is 0.143 e. The van der Waals surface area contributed by atoms with Crippen LogP contribution in [0.3, 0.4) is 0 Å². The Labute approximate surface area is 259 Å². The highest BCUT2D eigenvalue weighted by Gasteiger charge is 2.22. The molecule has 10 rings (SSSR count). The minimum Gasteiger partial charge on any atom is -0.455 e. The van der Waals surface area contributed by atoms with Gasteiger partial charge < -0.3 is 4.42 Å². The Bertz CT molecular complexity index is 2690. The molecule has 0 N–H and O–H groups in total. The van der Waals surface area contributed by atoms with E-state index in [1.807, 2.05) is 0 Å². The molecule has 0 bridgehead atoms. The average molecular weight is 571 g/mol. The zero-order valence-corrected chi connectivity index (χ0v) is 24.4. The van der Waals surface area contributed by atoms with Crippen molar-refractivity contribution in [3.8, 4) is 33.4 Å². The van der Waals surface area contributed by atoms with Crippen molar-refractivity contribution in [1.82, 2.24) is 0 Å². The summed E-state index contributed by atoms with van der Waals surface area (Å²) in [4.78, 5) is 0. The monoisotopic (exact) mass is 570 g/mol. The molecule has 9 aromatic carbocycles. The molecule has 0 saturated carbocycles. The van der Waals surface area contributed by atoms with E-state index >= 15 is 0 Å². The number of hydrogen-bond acceptors (Lipinski definition) is 1. The fraction of sp³-hybridized carbons (Fsp3) is 0. The Balaban J connectivity index is 1.30. The first kappa shape index (κ1) is 24.5. The maximum absolute atomic E-state index is 6.72. The number of rotatable bonds is 3. The smallest absolute Gasteiger partial charge is 0.143 e. The summed E-state index contributed by atoms with van der Waals surface area (Å²) in [5.74, 6) is 0. The molecule has 0 unspecified atom stereocenters. The van der Waals surface area contributed by atoms with Gasteiger partial charge in [0.1, 0.15) is 11.2 Å². The predicted molar refractivity (Wildman–Crippen MR) is 191 cm³/mol. The molecule has 208 valence electrons. The molecular weight excluding hydrogens is 544 g/mol. The van der Waals surface area contributed by atoms with Crippen LogP contribution in [0, 0.1) is 0 Å². The molecule has 1 heterocycles. The zero-order chi connectivity index (χ0) is 29.5. The second-order valence-electron chi connectivity index (χ2n) is 12.0. The molecule has 10 aromatic rings. The van der Waals surface area contributed by atoms with E-state index in [9.17, 15) is 0 Å². The molecule has 0 spiro atoms. The molecule has 1 heteroatoms. The molecule has 1 aromatic heterocycles. The summed E-state index contributed by atoms with van der Waals surface area (Å²) in [6, 6.07) is 57.3. The first-order valence-corrected chi connectivity index (χ1v) is 15.5. The Morgan fingerprint density at radius 2 is 0.933 bits per heavy atom. The van der Waals surface area contributed by atoms with Crippen molar-refractivity contribution in [2.75, 3.05) is 0 Å². The van der Waals surface area contributed by atoms with Gasteiger partial charge in [0.05, 0.1) is 0 Å². The molecule has 0 fully saturated rings. The highest BCUT2D eigenvalue weighted by atomic mass is 16.3. The van der Waals surface area contributed by atoms with Gasteiger partial charge in [-0.1, -0.05) is 140 Å². The molecule has 0 aliphatic carbocycles. The van der Waals surface area contributed by atoms with Crippen LogP contribution < -0.4 is 0 Å². The lowest BCUT2D eigenvalue weighted by Gasteiger charge is -2.19. The molecule has 45 heavy (non-hydrogen) atoms. The number of fused-ring (bicyclic) bond motifs is 3. The van der Waals surface area contributed by atoms with Crippen LogP contribution in [0.5, 0.6) is 0 Å². The van der Waals surface area contributed by atoms with Crippen molar-refractivity contribution in [2.24, 2.45) is 0 Å². The van der Waals surface area contributed by atoms with E-state index in [2.05, 4.69) is 158 Å². The van der Waals surface area contributed by atoms with Gasteiger partial charge in [0.2, 0.25) is 0 Å². The summed E-state index contributed by atoms with van der Waals surface area (Å²) < 4.78 is 6.72. The lowest BCUT2D eigenvalue weighted by molar-refractivity contribution is 0.670. The fourth-order valence-electron chi connectivity index (χ4n) is 7.65. The lowest BCUT2D eigenvalue weighted by atomic mass is 9.84. The zero-order valence-electron chi connectivity index (χ0n) is 24.4. The molecule has 0 radical (unpaired) electrons. The molecule has 0 saturated heterocycles. The lowest BCUT2D eigenvalue weighted by Crippen LogP contribution is -1.92. The van der Waals surface area contributed by atoms with Gasteiger partial charge in [0, 0.05) is 21.9 Å². The second-order valence-corrected chi connectivity index (χ2v) is 12.0. The molecular formula is C44H26O. The Kier molecular flexibility index (Phi) is 5.06. The van der Waals surface area contributed by atoms with Gasteiger partial charge in [0.25, 0.3) is 0 Å². The van der Waals surface area contributed by atoms with Gasteiger partial charge in [0.15, 0.2) is 0 Å². The van der Waals surface area contributed by atoms with Crippen LogP contribution in [0.15, 0.2) is 162 Å². The third kappa shape index (κ3) is 3.50. The van der Waals surface area contributed by atoms with Gasteiger partial charge in [-0.2, -0.15) is 0 Å². The van der Waals surface area contributed by atoms with E-state index in [-0.39, 0.29) is 0 Å². The fourth-order valence-corrected chi connectivity index (χ4v) is 7.65. The summed E-state index contributed by atoms with van der Waals surface area (Å²) in [5.41, 5.74) is 9.24. The van der Waals surface area contributed by atoms with Crippen LogP contribution in [0.4, 0.5) is 0 Å². The summed E-state index contributed by atoms with van der Waals surface area (Å²) in [6.45, 7) is 0. The predicted octanol–water partition coefficient (Wildman–Crippen LogP) is 12.6. The van der Waals surface area contributed by atoms with E-state index in [0.717, 1.165) is 16.7 Å². The highest BCUT2D eigenvalue weighted by Crippen LogP contribution is 2.49. The average Bonchev–Trinajstić information content (AvgIpc) is 3.51. The summed E-state index contributed by atoms with van der Waals surface area (Å²) in [7, 11) is 0. The van der Waals surface area contributed by atoms with Gasteiger partial charge >= 0.3 is 0 Å². The standard InChI is InChI=1S/C44H26O/c1-2-10-27(11-3-1)30-23-24-32-31(26-30)13-8-18-33(32)42-34-14-4-6-16-36(34)43(37-17-7-5-15-35(37)42)38-25-22-29-21-20-28-12-9-19-39-40(28)41(29)44(38)45-39/h1-26H. The van der Waals surface area contributed by atoms with E-state index in [4.69, 9.17) is 4.42 Å². The minimum absolute atomic E-state index is 0.941. The SMILES string of the molecule is c1ccc(-c2ccc3c(-c4c5ccccc5c(-c5ccc6ccc7cccc8oc5c6c78)c5ccccc45)cccc3c2)cc1. The van der Waals surface area contributed by atoms with E-state index in [0.29, 0.717) is 0 Å². The largest absolute Gasteiger partial charge is 0.455 e. The van der Waals surface area contributed by atoms with Crippen molar-refractivity contribution in [2.45, 2.75) is 0 Å². The second kappa shape index (κ2) is 9.29. The van der Waals surface area contributed by atoms with Gasteiger partial charge in [-0.05, 0) is 83.5 Å². The molecule has 0 aliphatic rings. The quantitative estimate of drug-likeness (QED) is 0.152. The number of benzene rings is 9. The first-order valence-electron chi connectivity index (χ1n) is 15.5. The Morgan fingerprint density at radius 1 is 0.333 bits per heavy atom. The van der Waals surface area contributed by atoms with Crippen molar-refractivity contribution < 1.29 is 4.42 Å². The Hall–Kier alpha value is -5.92. The molecule has 0 atom stereocenters. The topological polar surface area (TPSA) is 13.1 Å². The first-order chi connectivity index (χ1) is 22.3. The van der Waals surface area contributed by atoms with Crippen molar-refractivity contribution in [3.63, 3.8) is 0 Å². The van der Waals surface area contributed by atoms with Crippen LogP contribution in [0.2, 0.25) is 0 Å². The third-order valence-electron chi connectivity index (χ3n) is 9.61. The summed E-state index contributed by atoms with van der Waals surface area (Å²) in [5, 5.41) is 12.3. The highest BCUT2D eigenvalue weighted by molar-refractivity contribution is 6.29. The Morgan fingerprint density at radius 3 is 1.67 bits per heavy atom. The third-order valence-corrected chi connectivity index (χ3v) is 9.61. The molecule has 0 aliphatic heterocycles. The molecule has 1 nitrogen and oxygen atoms in total. The van der Waals surface area contributed by atoms with Crippen molar-refractivity contribution in [3.05, 3.63) is 158 Å². The van der Waals surface area contributed by atoms with Crippen LogP contribution in [-0.2, 0) is 0 Å². The van der Waals surface area contributed by atoms with Gasteiger partial charge in [-0.25, -0.2) is 0 Å².